The second-order valence-electron chi connectivity index (χ2n) is 7.67. The number of carboxylic acid groups (broad SMARTS) is 1. The molecule has 34 heavy (non-hydrogen) atoms. The van der Waals surface area contributed by atoms with E-state index in [0.29, 0.717) is 19.3 Å². The van der Waals surface area contributed by atoms with Crippen LogP contribution in [0.3, 0.4) is 0 Å². The first kappa shape index (κ1) is 26.8. The number of aliphatic carboxylic acids is 1. The van der Waals surface area contributed by atoms with Gasteiger partial charge in [-0.2, -0.15) is 4.72 Å². The fourth-order valence-electron chi connectivity index (χ4n) is 3.60. The number of nitrogens with one attached hydrogen (secondary N) is 2. The lowest BCUT2D eigenvalue weighted by molar-refractivity contribution is -0.138. The van der Waals surface area contributed by atoms with Crippen LogP contribution in [-0.2, 0) is 14.8 Å². The van der Waals surface area contributed by atoms with Gasteiger partial charge >= 0.3 is 5.97 Å². The van der Waals surface area contributed by atoms with Crippen molar-refractivity contribution in [3.8, 4) is 0 Å². The van der Waals surface area contributed by atoms with Crippen molar-refractivity contribution in [2.75, 3.05) is 0 Å². The highest BCUT2D eigenvalue weighted by Crippen LogP contribution is 2.30. The Morgan fingerprint density at radius 2 is 1.56 bits per heavy atom. The van der Waals surface area contributed by atoms with Crippen molar-refractivity contribution >= 4 is 68.3 Å². The van der Waals surface area contributed by atoms with Gasteiger partial charge < -0.3 is 10.4 Å². The van der Waals surface area contributed by atoms with Crippen molar-refractivity contribution in [3.05, 3.63) is 73.7 Å². The first-order valence-corrected chi connectivity index (χ1v) is 13.1. The molecule has 3 rings (SSSR count). The van der Waals surface area contributed by atoms with Gasteiger partial charge in [-0.25, -0.2) is 8.42 Å². The Balaban J connectivity index is 1.66. The fourth-order valence-corrected chi connectivity index (χ4v) is 6.51. The van der Waals surface area contributed by atoms with Gasteiger partial charge in [-0.05, 0) is 49.9 Å². The number of benzene rings is 2. The molecule has 1 amide bonds. The summed E-state index contributed by atoms with van der Waals surface area (Å²) < 4.78 is 27.7. The molecule has 0 bridgehead atoms. The summed E-state index contributed by atoms with van der Waals surface area (Å²) in [6.07, 6.45) is 3.20. The zero-order valence-electron chi connectivity index (χ0n) is 17.5. The molecule has 182 valence electrons. The van der Waals surface area contributed by atoms with E-state index >= 15 is 0 Å². The predicted octanol–water partition coefficient (Wildman–Crippen LogP) is 5.33. The Hall–Kier alpha value is -1.81. The van der Waals surface area contributed by atoms with Crippen molar-refractivity contribution in [1.82, 2.24) is 10.0 Å². The number of amides is 1. The van der Waals surface area contributed by atoms with Gasteiger partial charge in [0.05, 0.1) is 25.7 Å². The number of hydrogen-bond acceptors (Lipinski definition) is 4. The average molecular weight is 566 g/mol. The van der Waals surface area contributed by atoms with E-state index in [9.17, 15) is 23.1 Å². The van der Waals surface area contributed by atoms with Crippen LogP contribution < -0.4 is 10.0 Å². The maximum atomic E-state index is 12.8. The second-order valence-corrected chi connectivity index (χ2v) is 11.0. The zero-order chi connectivity index (χ0) is 25.0. The highest BCUT2D eigenvalue weighted by molar-refractivity contribution is 7.89. The van der Waals surface area contributed by atoms with E-state index in [1.807, 2.05) is 0 Å². The summed E-state index contributed by atoms with van der Waals surface area (Å²) in [6, 6.07) is 7.36. The molecule has 2 atom stereocenters. The molecule has 0 fully saturated rings. The summed E-state index contributed by atoms with van der Waals surface area (Å²) in [6.45, 7) is 0. The third kappa shape index (κ3) is 6.44. The molecule has 0 spiro atoms. The molecule has 0 radical (unpaired) electrons. The van der Waals surface area contributed by atoms with Gasteiger partial charge in [0.25, 0.3) is 5.91 Å². The lowest BCUT2D eigenvalue weighted by Crippen LogP contribution is -2.41. The molecule has 12 heteroatoms. The van der Waals surface area contributed by atoms with Crippen LogP contribution in [0.5, 0.6) is 0 Å². The van der Waals surface area contributed by atoms with Crippen LogP contribution in [0.15, 0.2) is 52.9 Å². The van der Waals surface area contributed by atoms with Crippen LogP contribution in [-0.4, -0.2) is 37.5 Å². The Morgan fingerprint density at radius 3 is 2.06 bits per heavy atom. The van der Waals surface area contributed by atoms with Gasteiger partial charge in [-0.15, -0.1) is 0 Å². The van der Waals surface area contributed by atoms with Crippen molar-refractivity contribution in [1.29, 1.82) is 0 Å². The number of rotatable bonds is 8. The monoisotopic (exact) mass is 564 g/mol. The molecule has 0 saturated heterocycles. The van der Waals surface area contributed by atoms with Crippen molar-refractivity contribution < 1.29 is 23.1 Å². The van der Waals surface area contributed by atoms with E-state index < -0.39 is 27.9 Å². The molecule has 1 aliphatic rings. The predicted molar refractivity (Wildman–Crippen MR) is 132 cm³/mol. The third-order valence-corrected chi connectivity index (χ3v) is 8.34. The summed E-state index contributed by atoms with van der Waals surface area (Å²) in [5.41, 5.74) is 0.945. The highest BCUT2D eigenvalue weighted by atomic mass is 35.5. The van der Waals surface area contributed by atoms with Crippen LogP contribution in [0, 0.1) is 0 Å². The summed E-state index contributed by atoms with van der Waals surface area (Å²) in [5.74, 6) is -1.73. The minimum Gasteiger partial charge on any atom is -0.480 e. The number of sulfonamides is 1. The Kier molecular flexibility index (Phi) is 8.89. The Morgan fingerprint density at radius 1 is 1.00 bits per heavy atom. The average Bonchev–Trinajstić information content (AvgIpc) is 2.74. The summed E-state index contributed by atoms with van der Waals surface area (Å²) in [4.78, 5) is 24.0. The number of carbonyl (C=O) groups is 2. The van der Waals surface area contributed by atoms with Crippen LogP contribution in [0.2, 0.25) is 20.1 Å². The van der Waals surface area contributed by atoms with Gasteiger partial charge in [0, 0.05) is 6.04 Å². The summed E-state index contributed by atoms with van der Waals surface area (Å²) >= 11 is 24.1. The molecule has 7 nitrogen and oxygen atoms in total. The Bertz CT molecular complexity index is 1210. The number of hydrogen-bond donors (Lipinski definition) is 3. The van der Waals surface area contributed by atoms with E-state index in [-0.39, 0.29) is 43.0 Å². The van der Waals surface area contributed by atoms with Gasteiger partial charge in [0.1, 0.15) is 10.9 Å². The van der Waals surface area contributed by atoms with Crippen molar-refractivity contribution in [3.63, 3.8) is 0 Å². The van der Waals surface area contributed by atoms with Gasteiger partial charge in [0.2, 0.25) is 10.0 Å². The first-order chi connectivity index (χ1) is 16.0. The molecular formula is C22H20Cl4N2O5S. The number of carbonyl (C=O) groups excluding carboxylic acids is 1. The topological polar surface area (TPSA) is 113 Å². The van der Waals surface area contributed by atoms with Gasteiger partial charge in [-0.1, -0.05) is 70.2 Å². The van der Waals surface area contributed by atoms with Gasteiger partial charge in [-0.3, -0.25) is 9.59 Å². The number of halogens is 4. The molecule has 3 N–H and O–H groups in total. The van der Waals surface area contributed by atoms with Crippen molar-refractivity contribution in [2.24, 2.45) is 0 Å². The molecular weight excluding hydrogens is 546 g/mol. The Labute approximate surface area is 217 Å². The molecule has 2 aromatic carbocycles. The van der Waals surface area contributed by atoms with Crippen LogP contribution in [0.25, 0.3) is 0 Å². The van der Waals surface area contributed by atoms with Crippen LogP contribution in [0.1, 0.15) is 36.0 Å². The summed E-state index contributed by atoms with van der Waals surface area (Å²) in [7, 11) is -4.29. The molecule has 0 aromatic heterocycles. The lowest BCUT2D eigenvalue weighted by Gasteiger charge is -2.25. The normalized spacial score (nSPS) is 17.1. The van der Waals surface area contributed by atoms with E-state index in [0.717, 1.165) is 5.57 Å². The quantitative estimate of drug-likeness (QED) is 0.374. The molecule has 1 aliphatic carbocycles. The SMILES string of the molecule is O=C(NC1CC=C(CC(NS(=O)(=O)c2c(Cl)cccc2Cl)C(=O)O)CC1)c1c(Cl)cccc1Cl. The number of carboxylic acids is 1. The molecule has 2 unspecified atom stereocenters. The van der Waals surface area contributed by atoms with E-state index in [2.05, 4.69) is 10.0 Å². The maximum absolute atomic E-state index is 12.8. The minimum absolute atomic E-state index is 0.0480. The maximum Gasteiger partial charge on any atom is 0.322 e. The molecule has 0 aliphatic heterocycles. The van der Waals surface area contributed by atoms with Gasteiger partial charge in [0.15, 0.2) is 0 Å². The largest absolute Gasteiger partial charge is 0.480 e. The summed E-state index contributed by atoms with van der Waals surface area (Å²) in [5, 5.41) is 12.7. The van der Waals surface area contributed by atoms with E-state index in [1.165, 1.54) is 18.2 Å². The first-order valence-electron chi connectivity index (χ1n) is 10.1. The zero-order valence-corrected chi connectivity index (χ0v) is 21.4. The third-order valence-electron chi connectivity index (χ3n) is 5.28. The van der Waals surface area contributed by atoms with Crippen LogP contribution >= 0.6 is 46.4 Å². The van der Waals surface area contributed by atoms with Crippen molar-refractivity contribution in [2.45, 2.75) is 42.7 Å². The minimum atomic E-state index is -4.29. The fraction of sp³-hybridized carbons (Fsp3) is 0.273. The highest BCUT2D eigenvalue weighted by Gasteiger charge is 2.30. The standard InChI is InChI=1S/C22H20Cl4N2O5S/c23-14-3-1-4-15(24)19(14)21(29)27-13-9-7-12(8-10-13)11-18(22(30)31)28-34(32,33)20-16(25)5-2-6-17(20)26/h1-7,13,18,28H,8-11H2,(H,27,29)(H,30,31). The van der Waals surface area contributed by atoms with E-state index in [4.69, 9.17) is 46.4 Å². The van der Waals surface area contributed by atoms with Crippen LogP contribution in [0.4, 0.5) is 0 Å². The van der Waals surface area contributed by atoms with E-state index in [1.54, 1.807) is 24.3 Å². The second kappa shape index (κ2) is 11.3. The molecule has 2 aromatic rings. The molecule has 0 saturated carbocycles. The molecule has 0 heterocycles. The lowest BCUT2D eigenvalue weighted by atomic mass is 9.91. The smallest absolute Gasteiger partial charge is 0.322 e.